The third-order valence-corrected chi connectivity index (χ3v) is 5.70. The lowest BCUT2D eigenvalue weighted by molar-refractivity contribution is -0.132. The van der Waals surface area contributed by atoms with Gasteiger partial charge in [0.2, 0.25) is 5.91 Å². The molecule has 9 heteroatoms. The summed E-state index contributed by atoms with van der Waals surface area (Å²) in [5.74, 6) is -1.88. The van der Waals surface area contributed by atoms with Crippen LogP contribution in [-0.4, -0.2) is 49.7 Å². The highest BCUT2D eigenvalue weighted by atomic mass is 35.5. The van der Waals surface area contributed by atoms with Crippen LogP contribution < -0.4 is 0 Å². The lowest BCUT2D eigenvalue weighted by atomic mass is 9.89. The maximum atomic E-state index is 15.2. The Balaban J connectivity index is 1.54. The predicted octanol–water partition coefficient (Wildman–Crippen LogP) is 3.65. The van der Waals surface area contributed by atoms with Crippen molar-refractivity contribution < 1.29 is 19.1 Å². The van der Waals surface area contributed by atoms with Crippen molar-refractivity contribution >= 4 is 34.4 Å². The molecule has 1 aliphatic heterocycles. The predicted molar refractivity (Wildman–Crippen MR) is 106 cm³/mol. The Hall–Kier alpha value is -2.87. The molecular formula is C20H20ClFN4O3. The molecule has 1 atom stereocenters. The van der Waals surface area contributed by atoms with E-state index in [0.29, 0.717) is 42.0 Å². The number of aromatic carboxylic acids is 1. The largest absolute Gasteiger partial charge is 0.477 e. The lowest BCUT2D eigenvalue weighted by Crippen LogP contribution is -2.39. The summed E-state index contributed by atoms with van der Waals surface area (Å²) in [5, 5.41) is 13.9. The summed E-state index contributed by atoms with van der Waals surface area (Å²) in [6.45, 7) is 1.54. The average molecular weight is 419 g/mol. The lowest BCUT2D eigenvalue weighted by Gasteiger charge is -2.33. The number of nitrogens with zero attached hydrogens (tertiary/aromatic N) is 3. The Morgan fingerprint density at radius 3 is 2.93 bits per heavy atom. The number of benzene rings is 1. The van der Waals surface area contributed by atoms with Gasteiger partial charge in [-0.2, -0.15) is 5.10 Å². The normalized spacial score (nSPS) is 17.0. The van der Waals surface area contributed by atoms with E-state index in [1.165, 1.54) is 6.07 Å². The van der Waals surface area contributed by atoms with Crippen LogP contribution in [0.1, 0.15) is 41.2 Å². The number of piperidine rings is 1. The van der Waals surface area contributed by atoms with Crippen molar-refractivity contribution in [3.8, 4) is 0 Å². The van der Waals surface area contributed by atoms with Gasteiger partial charge in [-0.3, -0.25) is 9.48 Å². The molecule has 0 radical (unpaired) electrons. The molecule has 1 aromatic carbocycles. The number of carboxylic acid groups (broad SMARTS) is 1. The van der Waals surface area contributed by atoms with Crippen molar-refractivity contribution in [1.29, 1.82) is 0 Å². The van der Waals surface area contributed by atoms with E-state index in [-0.39, 0.29) is 23.0 Å². The maximum absolute atomic E-state index is 15.2. The van der Waals surface area contributed by atoms with Crippen molar-refractivity contribution in [2.24, 2.45) is 0 Å². The summed E-state index contributed by atoms with van der Waals surface area (Å²) in [7, 11) is 0. The molecular weight excluding hydrogens is 399 g/mol. The van der Waals surface area contributed by atoms with E-state index >= 15 is 4.39 Å². The number of aryl methyl sites for hydroxylation is 1. The Labute approximate surface area is 171 Å². The zero-order valence-corrected chi connectivity index (χ0v) is 16.3. The summed E-state index contributed by atoms with van der Waals surface area (Å²) in [5.41, 5.74) is 0.384. The number of hydrogen-bond donors (Lipinski definition) is 2. The van der Waals surface area contributed by atoms with E-state index in [1.807, 2.05) is 0 Å². The van der Waals surface area contributed by atoms with Gasteiger partial charge in [-0.1, -0.05) is 11.6 Å². The van der Waals surface area contributed by atoms with Crippen LogP contribution >= 0.6 is 11.6 Å². The fourth-order valence-corrected chi connectivity index (χ4v) is 4.18. The quantitative estimate of drug-likeness (QED) is 0.661. The van der Waals surface area contributed by atoms with Crippen molar-refractivity contribution in [2.45, 2.75) is 31.7 Å². The minimum Gasteiger partial charge on any atom is -0.477 e. The zero-order chi connectivity index (χ0) is 20.5. The van der Waals surface area contributed by atoms with Crippen molar-refractivity contribution in [1.82, 2.24) is 19.7 Å². The van der Waals surface area contributed by atoms with Gasteiger partial charge < -0.3 is 15.0 Å². The second-order valence-corrected chi connectivity index (χ2v) is 7.64. The maximum Gasteiger partial charge on any atom is 0.352 e. The van der Waals surface area contributed by atoms with E-state index in [4.69, 9.17) is 16.7 Å². The number of nitrogens with one attached hydrogen (secondary N) is 1. The number of amides is 1. The Kier molecular flexibility index (Phi) is 5.27. The third-order valence-electron chi connectivity index (χ3n) is 5.39. The van der Waals surface area contributed by atoms with Gasteiger partial charge in [-0.15, -0.1) is 0 Å². The van der Waals surface area contributed by atoms with Crippen LogP contribution in [0.25, 0.3) is 10.9 Å². The minimum atomic E-state index is -1.18. The third kappa shape index (κ3) is 3.85. The number of hydrogen-bond acceptors (Lipinski definition) is 3. The first-order valence-corrected chi connectivity index (χ1v) is 9.81. The van der Waals surface area contributed by atoms with Crippen molar-refractivity contribution in [3.63, 3.8) is 0 Å². The number of aromatic nitrogens is 3. The molecule has 1 aliphatic rings. The fraction of sp³-hybridized carbons (Fsp3) is 0.350. The fourth-order valence-electron chi connectivity index (χ4n) is 3.91. The number of halogens is 2. The van der Waals surface area contributed by atoms with Gasteiger partial charge in [-0.05, 0) is 36.6 Å². The standard InChI is InChI=1S/C20H20ClFN4O3/c21-15-9-13(18(22)19-14(15)10-16(24-19)20(28)29)12-3-1-6-25(11-12)17(27)4-8-26-7-2-5-23-26/h2,5,7,9-10,12,24H,1,3-4,6,8,11H2,(H,28,29)/t12-/m1/s1. The number of carbonyl (C=O) groups excluding carboxylic acids is 1. The second-order valence-electron chi connectivity index (χ2n) is 7.24. The molecule has 3 aromatic rings. The second kappa shape index (κ2) is 7.87. The molecule has 0 unspecified atom stereocenters. The number of carbonyl (C=O) groups is 2. The van der Waals surface area contributed by atoms with Gasteiger partial charge in [0.05, 0.1) is 10.5 Å². The van der Waals surface area contributed by atoms with E-state index < -0.39 is 11.8 Å². The first-order valence-electron chi connectivity index (χ1n) is 9.43. The molecule has 0 saturated carbocycles. The summed E-state index contributed by atoms with van der Waals surface area (Å²) in [6, 6.07) is 4.69. The molecule has 29 heavy (non-hydrogen) atoms. The van der Waals surface area contributed by atoms with Crippen molar-refractivity contribution in [2.75, 3.05) is 13.1 Å². The van der Waals surface area contributed by atoms with Gasteiger partial charge in [0, 0.05) is 49.8 Å². The van der Waals surface area contributed by atoms with Crippen molar-refractivity contribution in [3.05, 3.63) is 52.7 Å². The Bertz CT molecular complexity index is 1060. The molecule has 1 amide bonds. The molecule has 2 N–H and O–H groups in total. The molecule has 3 heterocycles. The van der Waals surface area contributed by atoms with Gasteiger partial charge in [0.1, 0.15) is 5.69 Å². The molecule has 0 spiro atoms. The highest BCUT2D eigenvalue weighted by molar-refractivity contribution is 6.35. The number of fused-ring (bicyclic) bond motifs is 1. The molecule has 4 rings (SSSR count). The first kappa shape index (κ1) is 19.4. The van der Waals surface area contributed by atoms with Crippen LogP contribution in [0.15, 0.2) is 30.6 Å². The zero-order valence-electron chi connectivity index (χ0n) is 15.6. The van der Waals surface area contributed by atoms with E-state index in [0.717, 1.165) is 12.8 Å². The Morgan fingerprint density at radius 2 is 2.21 bits per heavy atom. The van der Waals surface area contributed by atoms with E-state index in [9.17, 15) is 9.59 Å². The summed E-state index contributed by atoms with van der Waals surface area (Å²) >= 11 is 6.31. The van der Waals surface area contributed by atoms with Crippen LogP contribution in [0.5, 0.6) is 0 Å². The molecule has 2 aromatic heterocycles. The van der Waals surface area contributed by atoms with E-state index in [2.05, 4.69) is 10.1 Å². The van der Waals surface area contributed by atoms with Crippen LogP contribution in [0.3, 0.4) is 0 Å². The molecule has 0 bridgehead atoms. The Morgan fingerprint density at radius 1 is 1.38 bits per heavy atom. The molecule has 152 valence electrons. The van der Waals surface area contributed by atoms with E-state index in [1.54, 1.807) is 34.1 Å². The van der Waals surface area contributed by atoms with Gasteiger partial charge >= 0.3 is 5.97 Å². The van der Waals surface area contributed by atoms with Crippen LogP contribution in [0.2, 0.25) is 5.02 Å². The summed E-state index contributed by atoms with van der Waals surface area (Å²) < 4.78 is 16.9. The summed E-state index contributed by atoms with van der Waals surface area (Å²) in [4.78, 5) is 28.2. The van der Waals surface area contributed by atoms with Gasteiger partial charge in [0.25, 0.3) is 0 Å². The number of rotatable bonds is 5. The highest BCUT2D eigenvalue weighted by Crippen LogP contribution is 2.36. The minimum absolute atomic E-state index is 0.00539. The first-order chi connectivity index (χ1) is 13.9. The monoisotopic (exact) mass is 418 g/mol. The SMILES string of the molecule is O=C(O)c1cc2c(Cl)cc([C@@H]3CCCN(C(=O)CCn4cccn4)C3)c(F)c2[nH]1. The topological polar surface area (TPSA) is 91.2 Å². The molecule has 1 fully saturated rings. The molecule has 0 aliphatic carbocycles. The van der Waals surface area contributed by atoms with Gasteiger partial charge in [0.15, 0.2) is 5.82 Å². The number of carboxylic acids is 1. The highest BCUT2D eigenvalue weighted by Gasteiger charge is 2.28. The summed E-state index contributed by atoms with van der Waals surface area (Å²) in [6.07, 6.45) is 5.29. The molecule has 1 saturated heterocycles. The smallest absolute Gasteiger partial charge is 0.352 e. The number of likely N-dealkylation sites (tertiary alicyclic amines) is 1. The van der Waals surface area contributed by atoms with Crippen LogP contribution in [-0.2, 0) is 11.3 Å². The van der Waals surface area contributed by atoms with Crippen LogP contribution in [0.4, 0.5) is 4.39 Å². The molecule has 7 nitrogen and oxygen atoms in total. The number of aromatic amines is 1. The average Bonchev–Trinajstić information content (AvgIpc) is 3.39. The van der Waals surface area contributed by atoms with Crippen LogP contribution in [0, 0.1) is 5.82 Å². The number of H-pyrrole nitrogens is 1. The van der Waals surface area contributed by atoms with Gasteiger partial charge in [-0.25, -0.2) is 9.18 Å².